The van der Waals surface area contributed by atoms with E-state index in [1.165, 1.54) is 44.9 Å². The number of esters is 1. The number of hydrogen-bond donors (Lipinski definition) is 0. The Labute approximate surface area is 200 Å². The molecule has 0 unspecified atom stereocenters. The molecule has 0 atom stereocenters. The molecule has 0 aliphatic carbocycles. The van der Waals surface area contributed by atoms with E-state index in [0.717, 1.165) is 29.5 Å². The molecule has 0 radical (unpaired) electrons. The van der Waals surface area contributed by atoms with E-state index in [4.69, 9.17) is 4.74 Å². The maximum absolute atomic E-state index is 13.2. The Morgan fingerprint density at radius 2 is 0.939 bits per heavy atom. The summed E-state index contributed by atoms with van der Waals surface area (Å²) in [5, 5.41) is 0. The van der Waals surface area contributed by atoms with Gasteiger partial charge in [-0.05, 0) is 6.42 Å². The number of benzene rings is 3. The molecule has 0 amide bonds. The third-order valence-electron chi connectivity index (χ3n) is 6.29. The van der Waals surface area contributed by atoms with E-state index in [1.807, 2.05) is 91.0 Å². The molecule has 0 saturated heterocycles. The number of unbranched alkanes of at least 4 members (excludes halogenated alkanes) is 8. The van der Waals surface area contributed by atoms with Crippen molar-refractivity contribution in [3.05, 3.63) is 108 Å². The van der Waals surface area contributed by atoms with Crippen molar-refractivity contribution in [3.8, 4) is 0 Å². The van der Waals surface area contributed by atoms with Crippen molar-refractivity contribution in [2.45, 2.75) is 76.7 Å². The molecule has 3 aromatic rings. The Balaban J connectivity index is 1.71. The molecule has 2 nitrogen and oxygen atoms in total. The summed E-state index contributed by atoms with van der Waals surface area (Å²) in [5.74, 6) is -0.144. The predicted octanol–water partition coefficient (Wildman–Crippen LogP) is 8.44. The first-order valence-corrected chi connectivity index (χ1v) is 12.7. The van der Waals surface area contributed by atoms with Crippen LogP contribution in [0.3, 0.4) is 0 Å². The van der Waals surface area contributed by atoms with Gasteiger partial charge in [-0.15, -0.1) is 0 Å². The van der Waals surface area contributed by atoms with Crippen molar-refractivity contribution >= 4 is 5.97 Å². The van der Waals surface area contributed by atoms with Crippen LogP contribution in [-0.4, -0.2) is 5.97 Å². The average molecular weight is 443 g/mol. The van der Waals surface area contributed by atoms with Crippen LogP contribution >= 0.6 is 0 Å². The Kier molecular flexibility index (Phi) is 10.2. The van der Waals surface area contributed by atoms with Crippen LogP contribution in [0.2, 0.25) is 0 Å². The van der Waals surface area contributed by atoms with Crippen molar-refractivity contribution in [2.75, 3.05) is 0 Å². The summed E-state index contributed by atoms with van der Waals surface area (Å²) < 4.78 is 6.43. The largest absolute Gasteiger partial charge is 0.444 e. The van der Waals surface area contributed by atoms with Crippen molar-refractivity contribution in [1.29, 1.82) is 0 Å². The third-order valence-corrected chi connectivity index (χ3v) is 6.29. The first kappa shape index (κ1) is 24.8. The molecule has 0 aliphatic heterocycles. The topological polar surface area (TPSA) is 26.3 Å². The van der Waals surface area contributed by atoms with Gasteiger partial charge >= 0.3 is 5.97 Å². The number of carbonyl (C=O) groups is 1. The number of ether oxygens (including phenoxy) is 1. The molecule has 0 bridgehead atoms. The Morgan fingerprint density at radius 3 is 1.33 bits per heavy atom. The summed E-state index contributed by atoms with van der Waals surface area (Å²) >= 11 is 0. The van der Waals surface area contributed by atoms with Gasteiger partial charge < -0.3 is 4.74 Å². The second-order valence-corrected chi connectivity index (χ2v) is 8.83. The second-order valence-electron chi connectivity index (χ2n) is 8.83. The van der Waals surface area contributed by atoms with Crippen LogP contribution in [0.15, 0.2) is 91.0 Å². The minimum atomic E-state index is -0.958. The van der Waals surface area contributed by atoms with E-state index in [9.17, 15) is 4.79 Å². The van der Waals surface area contributed by atoms with Crippen LogP contribution in [0.5, 0.6) is 0 Å². The highest BCUT2D eigenvalue weighted by Gasteiger charge is 2.40. The lowest BCUT2D eigenvalue weighted by Gasteiger charge is -2.35. The first-order chi connectivity index (χ1) is 16.3. The molecular formula is C31H38O2. The molecule has 33 heavy (non-hydrogen) atoms. The fourth-order valence-electron chi connectivity index (χ4n) is 4.50. The standard InChI is InChI=1S/C31H38O2/c1-2-3-4-5-6-7-8-9-19-26-30(32)33-31(27-20-13-10-14-21-27,28-22-15-11-16-23-28)29-24-17-12-18-25-29/h10-18,20-25H,2-9,19,26H2,1H3. The molecule has 0 aromatic heterocycles. The molecule has 0 N–H and O–H groups in total. The highest BCUT2D eigenvalue weighted by molar-refractivity contribution is 5.71. The second kappa shape index (κ2) is 13.6. The first-order valence-electron chi connectivity index (χ1n) is 12.7. The van der Waals surface area contributed by atoms with Gasteiger partial charge in [0.1, 0.15) is 0 Å². The van der Waals surface area contributed by atoms with Gasteiger partial charge in [-0.25, -0.2) is 0 Å². The highest BCUT2D eigenvalue weighted by atomic mass is 16.6. The van der Waals surface area contributed by atoms with Crippen LogP contribution < -0.4 is 0 Å². The number of carbonyl (C=O) groups excluding carboxylic acids is 1. The van der Waals surface area contributed by atoms with Crippen LogP contribution in [0.1, 0.15) is 87.8 Å². The quantitative estimate of drug-likeness (QED) is 0.142. The van der Waals surface area contributed by atoms with Gasteiger partial charge in [0.05, 0.1) is 0 Å². The summed E-state index contributed by atoms with van der Waals surface area (Å²) in [6, 6.07) is 30.3. The van der Waals surface area contributed by atoms with Gasteiger partial charge in [0.15, 0.2) is 5.60 Å². The smallest absolute Gasteiger partial charge is 0.307 e. The summed E-state index contributed by atoms with van der Waals surface area (Å²) in [5.41, 5.74) is 1.92. The molecule has 0 aliphatic rings. The zero-order valence-corrected chi connectivity index (χ0v) is 20.0. The minimum absolute atomic E-state index is 0.144. The molecule has 0 spiro atoms. The lowest BCUT2D eigenvalue weighted by Crippen LogP contribution is -2.35. The van der Waals surface area contributed by atoms with E-state index in [1.54, 1.807) is 0 Å². The van der Waals surface area contributed by atoms with E-state index in [2.05, 4.69) is 6.92 Å². The van der Waals surface area contributed by atoms with Crippen molar-refractivity contribution in [3.63, 3.8) is 0 Å². The lowest BCUT2D eigenvalue weighted by atomic mass is 9.80. The Morgan fingerprint density at radius 1 is 0.576 bits per heavy atom. The minimum Gasteiger partial charge on any atom is -0.444 e. The van der Waals surface area contributed by atoms with Crippen LogP contribution in [0, 0.1) is 0 Å². The normalized spacial score (nSPS) is 11.3. The average Bonchev–Trinajstić information content (AvgIpc) is 2.88. The zero-order valence-electron chi connectivity index (χ0n) is 20.0. The van der Waals surface area contributed by atoms with Crippen molar-refractivity contribution in [1.82, 2.24) is 0 Å². The molecule has 0 saturated carbocycles. The molecule has 3 aromatic carbocycles. The Hall–Kier alpha value is -2.87. The zero-order chi connectivity index (χ0) is 23.2. The SMILES string of the molecule is CCCCCCCCCCCC(=O)OC(c1ccccc1)(c1ccccc1)c1ccccc1. The van der Waals surface area contributed by atoms with Crippen molar-refractivity contribution in [2.24, 2.45) is 0 Å². The summed E-state index contributed by atoms with van der Waals surface area (Å²) in [4.78, 5) is 13.2. The van der Waals surface area contributed by atoms with E-state index in [-0.39, 0.29) is 5.97 Å². The molecule has 174 valence electrons. The van der Waals surface area contributed by atoms with E-state index in [0.29, 0.717) is 6.42 Å². The van der Waals surface area contributed by atoms with Crippen LogP contribution in [0.4, 0.5) is 0 Å². The van der Waals surface area contributed by atoms with Crippen LogP contribution in [-0.2, 0) is 15.1 Å². The van der Waals surface area contributed by atoms with Crippen molar-refractivity contribution < 1.29 is 9.53 Å². The molecule has 3 rings (SSSR count). The lowest BCUT2D eigenvalue weighted by molar-refractivity contribution is -0.153. The fraction of sp³-hybridized carbons (Fsp3) is 0.387. The maximum atomic E-state index is 13.2. The van der Waals surface area contributed by atoms with Gasteiger partial charge in [0, 0.05) is 23.1 Å². The molecular weight excluding hydrogens is 404 g/mol. The fourth-order valence-corrected chi connectivity index (χ4v) is 4.50. The Bertz CT molecular complexity index is 822. The van der Waals surface area contributed by atoms with Gasteiger partial charge in [-0.3, -0.25) is 4.79 Å². The highest BCUT2D eigenvalue weighted by Crippen LogP contribution is 2.40. The predicted molar refractivity (Wildman–Crippen MR) is 137 cm³/mol. The van der Waals surface area contributed by atoms with E-state index >= 15 is 0 Å². The number of hydrogen-bond acceptors (Lipinski definition) is 2. The van der Waals surface area contributed by atoms with Crippen LogP contribution in [0.25, 0.3) is 0 Å². The van der Waals surface area contributed by atoms with Gasteiger partial charge in [0.2, 0.25) is 0 Å². The van der Waals surface area contributed by atoms with Gasteiger partial charge in [0.25, 0.3) is 0 Å². The number of rotatable bonds is 14. The molecule has 0 fully saturated rings. The molecule has 0 heterocycles. The summed E-state index contributed by atoms with van der Waals surface area (Å²) in [7, 11) is 0. The summed E-state index contributed by atoms with van der Waals surface area (Å²) in [6.07, 6.45) is 11.5. The molecule has 2 heteroatoms. The third kappa shape index (κ3) is 7.05. The summed E-state index contributed by atoms with van der Waals surface area (Å²) in [6.45, 7) is 2.25. The monoisotopic (exact) mass is 442 g/mol. The van der Waals surface area contributed by atoms with E-state index < -0.39 is 5.60 Å². The van der Waals surface area contributed by atoms with Gasteiger partial charge in [-0.2, -0.15) is 0 Å². The van der Waals surface area contributed by atoms with Gasteiger partial charge in [-0.1, -0.05) is 149 Å². The maximum Gasteiger partial charge on any atom is 0.307 e.